The number of carboxylic acid groups (broad SMARTS) is 1. The fourth-order valence-electron chi connectivity index (χ4n) is 1.35. The van der Waals surface area contributed by atoms with Crippen molar-refractivity contribution in [3.8, 4) is 0 Å². The largest absolute Gasteiger partial charge is 0.476 e. The van der Waals surface area contributed by atoms with Gasteiger partial charge in [0.1, 0.15) is 5.65 Å². The van der Waals surface area contributed by atoms with Crippen LogP contribution in [-0.4, -0.2) is 20.5 Å². The van der Waals surface area contributed by atoms with Crippen molar-refractivity contribution >= 4 is 11.6 Å². The van der Waals surface area contributed by atoms with Crippen LogP contribution >= 0.6 is 0 Å². The van der Waals surface area contributed by atoms with E-state index in [1.54, 1.807) is 4.40 Å². The van der Waals surface area contributed by atoms with Gasteiger partial charge in [0.15, 0.2) is 5.69 Å². The van der Waals surface area contributed by atoms with Crippen molar-refractivity contribution in [2.24, 2.45) is 0 Å². The molecule has 0 fully saturated rings. The zero-order valence-corrected chi connectivity index (χ0v) is 7.77. The molecule has 4 heteroatoms. The number of hydrogen-bond donors (Lipinski definition) is 1. The van der Waals surface area contributed by atoms with E-state index in [2.05, 4.69) is 4.98 Å². The molecule has 0 spiro atoms. The first-order valence-corrected chi connectivity index (χ1v) is 4.41. The summed E-state index contributed by atoms with van der Waals surface area (Å²) in [4.78, 5) is 14.6. The molecule has 4 nitrogen and oxygen atoms in total. The van der Waals surface area contributed by atoms with Gasteiger partial charge in [0.05, 0.1) is 0 Å². The molecule has 2 heterocycles. The summed E-state index contributed by atoms with van der Waals surface area (Å²) >= 11 is 0. The first-order valence-electron chi connectivity index (χ1n) is 4.41. The van der Waals surface area contributed by atoms with E-state index in [1.807, 2.05) is 25.3 Å². The molecule has 1 N–H and O–H groups in total. The molecule has 14 heavy (non-hydrogen) atoms. The number of carboxylic acids is 1. The van der Waals surface area contributed by atoms with E-state index < -0.39 is 5.97 Å². The average molecular weight is 190 g/mol. The zero-order valence-electron chi connectivity index (χ0n) is 7.77. The molecule has 0 saturated heterocycles. The van der Waals surface area contributed by atoms with E-state index in [1.165, 1.54) is 6.20 Å². The molecular formula is C10H10N2O2. The smallest absolute Gasteiger partial charge is 0.356 e. The molecule has 2 aromatic heterocycles. The summed E-state index contributed by atoms with van der Waals surface area (Å²) in [7, 11) is 0. The van der Waals surface area contributed by atoms with Crippen LogP contribution in [-0.2, 0) is 6.42 Å². The second-order valence-corrected chi connectivity index (χ2v) is 3.09. The van der Waals surface area contributed by atoms with Gasteiger partial charge in [-0.05, 0) is 24.1 Å². The number of aromatic nitrogens is 2. The normalized spacial score (nSPS) is 10.6. The summed E-state index contributed by atoms with van der Waals surface area (Å²) in [6.07, 6.45) is 4.26. The molecule has 2 aromatic rings. The Morgan fingerprint density at radius 1 is 1.64 bits per heavy atom. The highest BCUT2D eigenvalue weighted by molar-refractivity contribution is 5.86. The number of aryl methyl sites for hydroxylation is 1. The average Bonchev–Trinajstić information content (AvgIpc) is 2.59. The molecule has 2 rings (SSSR count). The molecule has 0 atom stereocenters. The molecule has 0 radical (unpaired) electrons. The van der Waals surface area contributed by atoms with Crippen LogP contribution in [0.5, 0.6) is 0 Å². The van der Waals surface area contributed by atoms with Gasteiger partial charge in [-0.2, -0.15) is 0 Å². The molecule has 72 valence electrons. The van der Waals surface area contributed by atoms with Crippen molar-refractivity contribution in [1.82, 2.24) is 9.38 Å². The number of hydrogen-bond acceptors (Lipinski definition) is 2. The third-order valence-electron chi connectivity index (χ3n) is 2.15. The number of aromatic carboxylic acids is 1. The SMILES string of the molecule is CCc1ccn2cc(C(=O)O)nc2c1. The number of pyridine rings is 1. The Hall–Kier alpha value is -1.84. The maximum atomic E-state index is 10.6. The first-order chi connectivity index (χ1) is 6.70. The molecule has 0 bridgehead atoms. The molecule has 0 unspecified atom stereocenters. The van der Waals surface area contributed by atoms with Crippen LogP contribution in [0, 0.1) is 0 Å². The number of nitrogens with zero attached hydrogens (tertiary/aromatic N) is 2. The summed E-state index contributed by atoms with van der Waals surface area (Å²) in [5.41, 5.74) is 1.92. The Labute approximate surface area is 80.8 Å². The Kier molecular flexibility index (Phi) is 1.96. The van der Waals surface area contributed by atoms with Gasteiger partial charge in [0, 0.05) is 12.4 Å². The van der Waals surface area contributed by atoms with E-state index in [0.717, 1.165) is 12.0 Å². The summed E-state index contributed by atoms with van der Waals surface area (Å²) in [5.74, 6) is -0.994. The predicted molar refractivity (Wildman–Crippen MR) is 51.5 cm³/mol. The second-order valence-electron chi connectivity index (χ2n) is 3.09. The zero-order chi connectivity index (χ0) is 10.1. The number of fused-ring (bicyclic) bond motifs is 1. The highest BCUT2D eigenvalue weighted by atomic mass is 16.4. The van der Waals surface area contributed by atoms with Crippen LogP contribution in [0.25, 0.3) is 5.65 Å². The van der Waals surface area contributed by atoms with Crippen LogP contribution in [0.2, 0.25) is 0 Å². The Morgan fingerprint density at radius 2 is 2.43 bits per heavy atom. The van der Waals surface area contributed by atoms with Crippen molar-refractivity contribution in [3.63, 3.8) is 0 Å². The van der Waals surface area contributed by atoms with E-state index in [-0.39, 0.29) is 5.69 Å². The van der Waals surface area contributed by atoms with Crippen LogP contribution in [0.3, 0.4) is 0 Å². The van der Waals surface area contributed by atoms with Crippen molar-refractivity contribution < 1.29 is 9.90 Å². The van der Waals surface area contributed by atoms with Gasteiger partial charge < -0.3 is 9.51 Å². The van der Waals surface area contributed by atoms with E-state index in [4.69, 9.17) is 5.11 Å². The molecule has 0 aliphatic rings. The topological polar surface area (TPSA) is 54.6 Å². The quantitative estimate of drug-likeness (QED) is 0.782. The summed E-state index contributed by atoms with van der Waals surface area (Å²) in [6.45, 7) is 2.05. The number of rotatable bonds is 2. The molecule has 0 saturated carbocycles. The maximum absolute atomic E-state index is 10.6. The van der Waals surface area contributed by atoms with Crippen molar-refractivity contribution in [3.05, 3.63) is 35.8 Å². The van der Waals surface area contributed by atoms with Crippen molar-refractivity contribution in [2.45, 2.75) is 13.3 Å². The van der Waals surface area contributed by atoms with Crippen molar-refractivity contribution in [2.75, 3.05) is 0 Å². The lowest BCUT2D eigenvalue weighted by Crippen LogP contribution is -1.94. The molecule has 0 aromatic carbocycles. The lowest BCUT2D eigenvalue weighted by molar-refractivity contribution is 0.0691. The van der Waals surface area contributed by atoms with Crippen LogP contribution in [0.1, 0.15) is 23.0 Å². The first kappa shape index (κ1) is 8.74. The molecule has 0 aliphatic heterocycles. The fourth-order valence-corrected chi connectivity index (χ4v) is 1.35. The highest BCUT2D eigenvalue weighted by Crippen LogP contribution is 2.08. The Balaban J connectivity index is 2.60. The minimum atomic E-state index is -0.994. The van der Waals surface area contributed by atoms with Crippen LogP contribution in [0.15, 0.2) is 24.5 Å². The molecular weight excluding hydrogens is 180 g/mol. The van der Waals surface area contributed by atoms with Gasteiger partial charge in [-0.3, -0.25) is 0 Å². The van der Waals surface area contributed by atoms with Crippen LogP contribution < -0.4 is 0 Å². The van der Waals surface area contributed by atoms with E-state index >= 15 is 0 Å². The van der Waals surface area contributed by atoms with Crippen LogP contribution in [0.4, 0.5) is 0 Å². The maximum Gasteiger partial charge on any atom is 0.356 e. The monoisotopic (exact) mass is 190 g/mol. The van der Waals surface area contributed by atoms with Gasteiger partial charge in [-0.1, -0.05) is 6.92 Å². The predicted octanol–water partition coefficient (Wildman–Crippen LogP) is 1.59. The minimum absolute atomic E-state index is 0.0817. The van der Waals surface area contributed by atoms with Gasteiger partial charge in [0.2, 0.25) is 0 Å². The molecule has 0 aliphatic carbocycles. The second kappa shape index (κ2) is 3.14. The lowest BCUT2D eigenvalue weighted by atomic mass is 10.2. The minimum Gasteiger partial charge on any atom is -0.476 e. The lowest BCUT2D eigenvalue weighted by Gasteiger charge is -1.96. The van der Waals surface area contributed by atoms with Gasteiger partial charge >= 0.3 is 5.97 Å². The fraction of sp³-hybridized carbons (Fsp3) is 0.200. The summed E-state index contributed by atoms with van der Waals surface area (Å²) in [5, 5.41) is 8.74. The third kappa shape index (κ3) is 1.35. The Bertz CT molecular complexity index is 488. The highest BCUT2D eigenvalue weighted by Gasteiger charge is 2.07. The van der Waals surface area contributed by atoms with Gasteiger partial charge in [0.25, 0.3) is 0 Å². The summed E-state index contributed by atoms with van der Waals surface area (Å²) in [6, 6.07) is 3.85. The van der Waals surface area contributed by atoms with E-state index in [0.29, 0.717) is 5.65 Å². The van der Waals surface area contributed by atoms with E-state index in [9.17, 15) is 4.79 Å². The number of carbonyl (C=O) groups is 1. The Morgan fingerprint density at radius 3 is 3.07 bits per heavy atom. The third-order valence-corrected chi connectivity index (χ3v) is 2.15. The molecule has 0 amide bonds. The van der Waals surface area contributed by atoms with Crippen molar-refractivity contribution in [1.29, 1.82) is 0 Å². The van der Waals surface area contributed by atoms with Gasteiger partial charge in [-0.25, -0.2) is 9.78 Å². The number of imidazole rings is 1. The summed E-state index contributed by atoms with van der Waals surface area (Å²) < 4.78 is 1.71. The standard InChI is InChI=1S/C10H10N2O2/c1-2-7-3-4-12-6-8(10(13)14)11-9(12)5-7/h3-6H,2H2,1H3,(H,13,14). The van der Waals surface area contributed by atoms with Gasteiger partial charge in [-0.15, -0.1) is 0 Å².